The molecule has 0 aliphatic carbocycles. The second-order valence-corrected chi connectivity index (χ2v) is 6.66. The predicted molar refractivity (Wildman–Crippen MR) is 95.0 cm³/mol. The molecular weight excluding hydrogens is 354 g/mol. The highest BCUT2D eigenvalue weighted by molar-refractivity contribution is 5.73. The summed E-state index contributed by atoms with van der Waals surface area (Å²) in [6, 6.07) is 6.17. The molecule has 0 aliphatic rings. The fourth-order valence-corrected chi connectivity index (χ4v) is 2.13. The maximum Gasteiger partial charge on any atom is 0.408 e. The summed E-state index contributed by atoms with van der Waals surface area (Å²) >= 11 is 0. The van der Waals surface area contributed by atoms with Crippen molar-refractivity contribution in [2.24, 2.45) is 0 Å². The van der Waals surface area contributed by atoms with E-state index in [2.05, 4.69) is 20.2 Å². The lowest BCUT2D eigenvalue weighted by molar-refractivity contribution is -0.141. The van der Waals surface area contributed by atoms with Crippen molar-refractivity contribution >= 4 is 12.1 Å². The van der Waals surface area contributed by atoms with Crippen LogP contribution in [-0.4, -0.2) is 42.0 Å². The molecule has 0 saturated carbocycles. The Labute approximate surface area is 157 Å². The number of esters is 1. The molecule has 1 amide bonds. The standard InChI is InChI=1S/C18H23N3O6/c1-18(2,3)26-17(23)19-13(10-14(22)25-5)16-20-15(21-27-16)11-6-8-12(24-4)9-7-11/h6-9,13H,10H2,1-5H3,(H,19,23)/t13-/m0/s1. The molecule has 146 valence electrons. The van der Waals surface area contributed by atoms with E-state index in [1.165, 1.54) is 7.11 Å². The lowest BCUT2D eigenvalue weighted by Crippen LogP contribution is -2.36. The number of benzene rings is 1. The SMILES string of the molecule is COC(=O)C[C@H](NC(=O)OC(C)(C)C)c1nc(-c2ccc(OC)cc2)no1. The van der Waals surface area contributed by atoms with E-state index in [0.717, 1.165) is 0 Å². The molecule has 0 aliphatic heterocycles. The second-order valence-electron chi connectivity index (χ2n) is 6.66. The van der Waals surface area contributed by atoms with Gasteiger partial charge in [0.1, 0.15) is 17.4 Å². The average molecular weight is 377 g/mol. The monoisotopic (exact) mass is 377 g/mol. The molecule has 9 heteroatoms. The third kappa shape index (κ3) is 5.98. The Bertz CT molecular complexity index is 779. The number of aromatic nitrogens is 2. The van der Waals surface area contributed by atoms with Crippen LogP contribution >= 0.6 is 0 Å². The first kappa shape index (κ1) is 20.2. The summed E-state index contributed by atoms with van der Waals surface area (Å²) < 4.78 is 20.2. The van der Waals surface area contributed by atoms with Crippen LogP contribution in [0.1, 0.15) is 39.1 Å². The summed E-state index contributed by atoms with van der Waals surface area (Å²) in [6.07, 6.45) is -0.888. The summed E-state index contributed by atoms with van der Waals surface area (Å²) in [7, 11) is 2.82. The molecule has 0 unspecified atom stereocenters. The average Bonchev–Trinajstić information content (AvgIpc) is 3.09. The topological polar surface area (TPSA) is 113 Å². The van der Waals surface area contributed by atoms with E-state index in [9.17, 15) is 9.59 Å². The van der Waals surface area contributed by atoms with Gasteiger partial charge in [-0.15, -0.1) is 0 Å². The number of ether oxygens (including phenoxy) is 3. The van der Waals surface area contributed by atoms with Gasteiger partial charge >= 0.3 is 12.1 Å². The molecule has 1 aromatic heterocycles. The number of hydrogen-bond acceptors (Lipinski definition) is 8. The molecule has 1 heterocycles. The summed E-state index contributed by atoms with van der Waals surface area (Å²) in [4.78, 5) is 28.0. The number of alkyl carbamates (subject to hydrolysis) is 1. The van der Waals surface area contributed by atoms with Crippen LogP contribution in [-0.2, 0) is 14.3 Å². The van der Waals surface area contributed by atoms with Crippen molar-refractivity contribution in [1.29, 1.82) is 0 Å². The number of nitrogens with one attached hydrogen (secondary N) is 1. The Hall–Kier alpha value is -3.10. The normalized spacial score (nSPS) is 12.2. The molecule has 9 nitrogen and oxygen atoms in total. The lowest BCUT2D eigenvalue weighted by Gasteiger charge is -2.21. The molecule has 27 heavy (non-hydrogen) atoms. The fraction of sp³-hybridized carbons (Fsp3) is 0.444. The summed E-state index contributed by atoms with van der Waals surface area (Å²) in [5.74, 6) is 0.531. The first-order valence-corrected chi connectivity index (χ1v) is 8.26. The summed E-state index contributed by atoms with van der Waals surface area (Å²) in [6.45, 7) is 5.20. The van der Waals surface area contributed by atoms with Crippen LogP contribution in [0.4, 0.5) is 4.79 Å². The van der Waals surface area contributed by atoms with Crippen LogP contribution in [0.5, 0.6) is 5.75 Å². The van der Waals surface area contributed by atoms with Crippen molar-refractivity contribution in [1.82, 2.24) is 15.5 Å². The highest BCUT2D eigenvalue weighted by atomic mass is 16.6. The Balaban J connectivity index is 2.20. The minimum absolute atomic E-state index is 0.0667. The smallest absolute Gasteiger partial charge is 0.408 e. The molecule has 1 N–H and O–H groups in total. The largest absolute Gasteiger partial charge is 0.497 e. The van der Waals surface area contributed by atoms with Crippen LogP contribution in [0.2, 0.25) is 0 Å². The van der Waals surface area contributed by atoms with Gasteiger partial charge in [-0.1, -0.05) is 5.16 Å². The number of amides is 1. The highest BCUT2D eigenvalue weighted by Gasteiger charge is 2.27. The summed E-state index contributed by atoms with van der Waals surface area (Å²) in [5, 5.41) is 6.47. The van der Waals surface area contributed by atoms with E-state index in [-0.39, 0.29) is 12.3 Å². The third-order valence-corrected chi connectivity index (χ3v) is 3.38. The Morgan fingerprint density at radius 1 is 1.19 bits per heavy atom. The van der Waals surface area contributed by atoms with Gasteiger partial charge in [-0.2, -0.15) is 4.98 Å². The van der Waals surface area contributed by atoms with Crippen molar-refractivity contribution in [3.63, 3.8) is 0 Å². The fourth-order valence-electron chi connectivity index (χ4n) is 2.13. The molecule has 0 radical (unpaired) electrons. The Morgan fingerprint density at radius 3 is 2.41 bits per heavy atom. The van der Waals surface area contributed by atoms with Gasteiger partial charge in [-0.25, -0.2) is 4.79 Å². The van der Waals surface area contributed by atoms with Crippen molar-refractivity contribution < 1.29 is 28.3 Å². The number of carbonyl (C=O) groups excluding carboxylic acids is 2. The van der Waals surface area contributed by atoms with Crippen LogP contribution in [0.15, 0.2) is 28.8 Å². The van der Waals surface area contributed by atoms with E-state index in [0.29, 0.717) is 17.1 Å². The molecule has 0 spiro atoms. The number of rotatable bonds is 6. The van der Waals surface area contributed by atoms with Crippen molar-refractivity contribution in [2.75, 3.05) is 14.2 Å². The van der Waals surface area contributed by atoms with Gasteiger partial charge in [0.15, 0.2) is 0 Å². The van der Waals surface area contributed by atoms with Gasteiger partial charge in [0.25, 0.3) is 0 Å². The predicted octanol–water partition coefficient (Wildman–Crippen LogP) is 2.87. The first-order chi connectivity index (χ1) is 12.7. The van der Waals surface area contributed by atoms with E-state index < -0.39 is 23.7 Å². The first-order valence-electron chi connectivity index (χ1n) is 8.26. The van der Waals surface area contributed by atoms with Gasteiger partial charge < -0.3 is 24.1 Å². The van der Waals surface area contributed by atoms with Gasteiger partial charge in [-0.3, -0.25) is 4.79 Å². The second kappa shape index (κ2) is 8.52. The van der Waals surface area contributed by atoms with Crippen LogP contribution in [0.3, 0.4) is 0 Å². The zero-order chi connectivity index (χ0) is 20.0. The van der Waals surface area contributed by atoms with E-state index in [1.807, 2.05) is 0 Å². The summed E-state index contributed by atoms with van der Waals surface area (Å²) in [5.41, 5.74) is 0.00287. The maximum absolute atomic E-state index is 12.1. The molecule has 2 rings (SSSR count). The zero-order valence-corrected chi connectivity index (χ0v) is 15.9. The Kier molecular flexibility index (Phi) is 6.38. The van der Waals surface area contributed by atoms with E-state index in [4.69, 9.17) is 14.0 Å². The minimum atomic E-state index is -0.883. The molecule has 0 saturated heterocycles. The van der Waals surface area contributed by atoms with Crippen molar-refractivity contribution in [2.45, 2.75) is 38.8 Å². The third-order valence-electron chi connectivity index (χ3n) is 3.38. The Morgan fingerprint density at radius 2 is 1.85 bits per heavy atom. The van der Waals surface area contributed by atoms with Gasteiger partial charge in [-0.05, 0) is 45.0 Å². The minimum Gasteiger partial charge on any atom is -0.497 e. The number of carbonyl (C=O) groups is 2. The number of nitrogens with zero attached hydrogens (tertiary/aromatic N) is 2. The molecule has 1 aromatic carbocycles. The molecule has 0 bridgehead atoms. The molecule has 1 atom stereocenters. The van der Waals surface area contributed by atoms with Gasteiger partial charge in [0.2, 0.25) is 11.7 Å². The lowest BCUT2D eigenvalue weighted by atomic mass is 10.2. The molecule has 0 fully saturated rings. The molecular formula is C18H23N3O6. The quantitative estimate of drug-likeness (QED) is 0.765. The number of methoxy groups -OCH3 is 2. The van der Waals surface area contributed by atoms with Gasteiger partial charge in [0, 0.05) is 5.56 Å². The van der Waals surface area contributed by atoms with Crippen LogP contribution in [0, 0.1) is 0 Å². The van der Waals surface area contributed by atoms with Gasteiger partial charge in [0.05, 0.1) is 20.6 Å². The highest BCUT2D eigenvalue weighted by Crippen LogP contribution is 2.23. The molecule has 2 aromatic rings. The van der Waals surface area contributed by atoms with Crippen molar-refractivity contribution in [3.8, 4) is 17.1 Å². The van der Waals surface area contributed by atoms with E-state index in [1.54, 1.807) is 52.1 Å². The van der Waals surface area contributed by atoms with Crippen molar-refractivity contribution in [3.05, 3.63) is 30.2 Å². The van der Waals surface area contributed by atoms with Crippen LogP contribution in [0.25, 0.3) is 11.4 Å². The van der Waals surface area contributed by atoms with Crippen LogP contribution < -0.4 is 10.1 Å². The maximum atomic E-state index is 12.1. The number of hydrogen-bond donors (Lipinski definition) is 1. The zero-order valence-electron chi connectivity index (χ0n) is 15.9. The van der Waals surface area contributed by atoms with E-state index >= 15 is 0 Å².